The number of nitrogens with one attached hydrogen (secondary N) is 1. The number of rotatable bonds is 13. The molecule has 1 aliphatic heterocycles. The molecule has 1 aliphatic rings. The third kappa shape index (κ3) is 15.5. The van der Waals surface area contributed by atoms with Gasteiger partial charge in [-0.25, -0.2) is 0 Å². The molecule has 0 amide bonds. The summed E-state index contributed by atoms with van der Waals surface area (Å²) in [6, 6.07) is 16.0. The van der Waals surface area contributed by atoms with E-state index in [1.54, 1.807) is 13.2 Å². The number of likely N-dealkylation sites (tertiary alicyclic amines) is 1. The van der Waals surface area contributed by atoms with Crippen LogP contribution in [-0.4, -0.2) is 92.5 Å². The Kier molecular flexibility index (Phi) is 26.6. The Hall–Kier alpha value is -1.83. The van der Waals surface area contributed by atoms with Gasteiger partial charge in [-0.15, -0.1) is 6.54 Å². The molecule has 0 atom stereocenters. The number of phenols is 1. The molecule has 9 heteroatoms. The summed E-state index contributed by atoms with van der Waals surface area (Å²) in [4.78, 5) is 12.7. The Bertz CT molecular complexity index is 823. The van der Waals surface area contributed by atoms with Crippen LogP contribution >= 0.6 is 0 Å². The van der Waals surface area contributed by atoms with Crippen LogP contribution in [0.15, 0.2) is 48.5 Å². The van der Waals surface area contributed by atoms with Crippen molar-refractivity contribution >= 4 is 6.79 Å². The summed E-state index contributed by atoms with van der Waals surface area (Å²) in [5.74, 6) is 2.01. The van der Waals surface area contributed by atoms with Crippen molar-refractivity contribution in [1.82, 2.24) is 9.80 Å². The van der Waals surface area contributed by atoms with Crippen molar-refractivity contribution < 1.29 is 45.3 Å². The van der Waals surface area contributed by atoms with Gasteiger partial charge in [0.1, 0.15) is 11.5 Å². The molecule has 0 spiro atoms. The van der Waals surface area contributed by atoms with E-state index in [1.165, 1.54) is 57.3 Å². The van der Waals surface area contributed by atoms with Gasteiger partial charge < -0.3 is 40.4 Å². The molecule has 4 N–H and O–H groups in total. The fourth-order valence-electron chi connectivity index (χ4n) is 4.81. The Balaban J connectivity index is 0. The number of aliphatic hydroxyl groups is 2. The van der Waals surface area contributed by atoms with Crippen molar-refractivity contribution in [2.45, 2.75) is 51.0 Å². The van der Waals surface area contributed by atoms with Crippen LogP contribution < -0.4 is 4.74 Å². The second-order valence-electron chi connectivity index (χ2n) is 8.93. The molecule has 0 unspecified atom stereocenters. The van der Waals surface area contributed by atoms with Gasteiger partial charge in [0.15, 0.2) is 0 Å². The molecule has 0 bridgehead atoms. The van der Waals surface area contributed by atoms with Crippen LogP contribution in [0.3, 0.4) is 0 Å². The van der Waals surface area contributed by atoms with Crippen molar-refractivity contribution in [2.24, 2.45) is 0 Å². The number of hydrogen-bond acceptors (Lipinski definition) is 7. The summed E-state index contributed by atoms with van der Waals surface area (Å²) in [6.07, 6.45) is 7.34. The quantitative estimate of drug-likeness (QED) is 0.157. The standard InChI is InChI=1S/C27H40N3O2.2CH4O.CHO.Re/c1-32-27-13-7-5-11-25(27)23-14-19-29(20-15-23)17-8-2-3-9-18-30(21-16-28)22-24-10-4-6-12-26(24)31;3*1-2;/h4-7,10-13,23,28,31H,2-3,8-9,14-22H2,1H3;2*2H,1H3;1H;/q-1;;;-1;. The van der Waals surface area contributed by atoms with Gasteiger partial charge in [0.2, 0.25) is 0 Å². The van der Waals surface area contributed by atoms with Crippen molar-refractivity contribution in [3.8, 4) is 11.5 Å². The summed E-state index contributed by atoms with van der Waals surface area (Å²) in [5, 5.41) is 24.0. The molecular weight excluding hydrogens is 669 g/mol. The Morgan fingerprint density at radius 3 is 2.13 bits per heavy atom. The number of ether oxygens (including phenoxy) is 1. The third-order valence-corrected chi connectivity index (χ3v) is 6.68. The van der Waals surface area contributed by atoms with E-state index in [0.29, 0.717) is 18.2 Å². The van der Waals surface area contributed by atoms with Gasteiger partial charge >= 0.3 is 0 Å². The number of carbonyl (C=O) groups excluding carboxylic acids is 1. The van der Waals surface area contributed by atoms with E-state index < -0.39 is 0 Å². The predicted octanol–water partition coefficient (Wildman–Crippen LogP) is 4.64. The smallest absolute Gasteiger partial charge is 0.122 e. The fraction of sp³-hybridized carbons (Fsp3) is 0.567. The average molecular weight is 718 g/mol. The van der Waals surface area contributed by atoms with Crippen LogP contribution in [0, 0.1) is 0 Å². The molecule has 39 heavy (non-hydrogen) atoms. The Morgan fingerprint density at radius 2 is 1.51 bits per heavy atom. The van der Waals surface area contributed by atoms with E-state index in [9.17, 15) is 5.11 Å². The maximum Gasteiger partial charge on any atom is 0.122 e. The average Bonchev–Trinajstić information content (AvgIpc) is 2.99. The van der Waals surface area contributed by atoms with Gasteiger partial charge in [-0.1, -0.05) is 49.2 Å². The van der Waals surface area contributed by atoms with Gasteiger partial charge in [0.05, 0.1) is 7.11 Å². The first kappa shape index (κ1) is 39.3. The first-order valence-electron chi connectivity index (χ1n) is 13.3. The van der Waals surface area contributed by atoms with Crippen LogP contribution in [0.5, 0.6) is 11.5 Å². The summed E-state index contributed by atoms with van der Waals surface area (Å²) in [5.41, 5.74) is 9.91. The normalized spacial score (nSPS) is 13.0. The zero-order chi connectivity index (χ0) is 28.6. The van der Waals surface area contributed by atoms with Crippen LogP contribution in [0.4, 0.5) is 0 Å². The number of para-hydroxylation sites is 2. The van der Waals surface area contributed by atoms with Gasteiger partial charge in [-0.05, 0) is 82.0 Å². The van der Waals surface area contributed by atoms with Crippen LogP contribution in [0.1, 0.15) is 55.6 Å². The van der Waals surface area contributed by atoms with Gasteiger partial charge in [-0.2, -0.15) is 0 Å². The topological polar surface area (TPSA) is 117 Å². The molecule has 8 nitrogen and oxygen atoms in total. The number of aromatic hydroxyl groups is 1. The zero-order valence-electron chi connectivity index (χ0n) is 23.9. The van der Waals surface area contributed by atoms with Gasteiger partial charge in [0, 0.05) is 46.8 Å². The predicted molar refractivity (Wildman–Crippen MR) is 155 cm³/mol. The number of unbranched alkanes of at least 4 members (excludes halogenated alkanes) is 3. The van der Waals surface area contributed by atoms with E-state index >= 15 is 0 Å². The minimum atomic E-state index is 0. The molecule has 1 radical (unpaired) electrons. The second-order valence-corrected chi connectivity index (χ2v) is 8.93. The van der Waals surface area contributed by atoms with Crippen molar-refractivity contribution in [1.29, 1.82) is 0 Å². The first-order chi connectivity index (χ1) is 18.7. The molecular formula is C30H49N3O5Re-2. The summed E-state index contributed by atoms with van der Waals surface area (Å²) in [6.45, 7) is 9.70. The Labute approximate surface area is 249 Å². The molecule has 1 heterocycles. The van der Waals surface area contributed by atoms with Crippen LogP contribution in [-0.2, 0) is 31.8 Å². The minimum absolute atomic E-state index is 0. The SMILES string of the molecule is CO.CO.COc1ccccc1C1CCN(CCCCCCN(CC[NH-])Cc2ccccc2O)CC1.[CH-]=O.[Re]. The number of aliphatic hydroxyl groups excluding tert-OH is 2. The number of hydrogen-bond donors (Lipinski definition) is 3. The third-order valence-electron chi connectivity index (χ3n) is 6.68. The number of benzene rings is 2. The van der Waals surface area contributed by atoms with Gasteiger partial charge in [-0.3, -0.25) is 6.79 Å². The van der Waals surface area contributed by atoms with Crippen LogP contribution in [0.2, 0.25) is 0 Å². The number of piperidine rings is 1. The van der Waals surface area contributed by atoms with Crippen molar-refractivity contribution in [2.75, 3.05) is 60.6 Å². The summed E-state index contributed by atoms with van der Waals surface area (Å²) < 4.78 is 5.56. The zero-order valence-corrected chi connectivity index (χ0v) is 26.6. The number of nitrogens with zero attached hydrogens (tertiary/aromatic N) is 2. The Morgan fingerprint density at radius 1 is 0.923 bits per heavy atom. The maximum atomic E-state index is 10.0. The minimum Gasteiger partial charge on any atom is -0.676 e. The molecule has 2 aromatic carbocycles. The number of methoxy groups -OCH3 is 1. The monoisotopic (exact) mass is 718 g/mol. The van der Waals surface area contributed by atoms with Crippen molar-refractivity contribution in [3.63, 3.8) is 0 Å². The van der Waals surface area contributed by atoms with Crippen LogP contribution in [0.25, 0.3) is 5.73 Å². The second kappa shape index (κ2) is 26.4. The van der Waals surface area contributed by atoms with E-state index in [0.717, 1.165) is 51.6 Å². The summed E-state index contributed by atoms with van der Waals surface area (Å²) in [7, 11) is 3.77. The molecule has 223 valence electrons. The molecule has 3 rings (SSSR count). The molecule has 1 saturated heterocycles. The fourth-order valence-corrected chi connectivity index (χ4v) is 4.81. The van der Waals surface area contributed by atoms with Crippen molar-refractivity contribution in [3.05, 3.63) is 65.4 Å². The van der Waals surface area contributed by atoms with E-state index in [2.05, 4.69) is 40.9 Å². The molecule has 0 aromatic heterocycles. The largest absolute Gasteiger partial charge is 0.676 e. The first-order valence-corrected chi connectivity index (χ1v) is 13.3. The summed E-state index contributed by atoms with van der Waals surface area (Å²) >= 11 is 0. The van der Waals surface area contributed by atoms with E-state index in [1.807, 2.05) is 18.2 Å². The molecule has 1 fully saturated rings. The molecule has 2 aromatic rings. The van der Waals surface area contributed by atoms with E-state index in [-0.39, 0.29) is 20.4 Å². The molecule has 0 saturated carbocycles. The molecule has 0 aliphatic carbocycles. The van der Waals surface area contributed by atoms with E-state index in [4.69, 9.17) is 25.5 Å². The van der Waals surface area contributed by atoms with Gasteiger partial charge in [0.25, 0.3) is 0 Å². The number of phenolic OH excluding ortho intramolecular Hbond substituents is 1. The maximum absolute atomic E-state index is 10.0.